The van der Waals surface area contributed by atoms with Gasteiger partial charge in [0.15, 0.2) is 5.17 Å². The van der Waals surface area contributed by atoms with Crippen LogP contribution in [0.1, 0.15) is 24.0 Å². The number of carbonyl (C=O) groups is 1. The van der Waals surface area contributed by atoms with E-state index in [-0.39, 0.29) is 11.7 Å². The Labute approximate surface area is 197 Å². The molecule has 3 aromatic carbocycles. The van der Waals surface area contributed by atoms with E-state index in [1.54, 1.807) is 11.0 Å². The summed E-state index contributed by atoms with van der Waals surface area (Å²) in [5, 5.41) is 0.621. The van der Waals surface area contributed by atoms with Gasteiger partial charge in [-0.15, -0.1) is 0 Å². The molecule has 0 bridgehead atoms. The number of amides is 1. The number of aliphatic imine (C=N–C) groups is 1. The zero-order chi connectivity index (χ0) is 22.6. The molecule has 2 saturated heterocycles. The van der Waals surface area contributed by atoms with Crippen molar-refractivity contribution in [2.75, 3.05) is 18.0 Å². The van der Waals surface area contributed by atoms with E-state index in [1.807, 2.05) is 72.8 Å². The number of hydrogen-bond donors (Lipinski definition) is 0. The van der Waals surface area contributed by atoms with Gasteiger partial charge in [-0.25, -0.2) is 9.38 Å². The van der Waals surface area contributed by atoms with E-state index < -0.39 is 0 Å². The van der Waals surface area contributed by atoms with Crippen molar-refractivity contribution in [2.45, 2.75) is 19.4 Å². The minimum absolute atomic E-state index is 0.123. The Kier molecular flexibility index (Phi) is 6.26. The molecule has 2 fully saturated rings. The van der Waals surface area contributed by atoms with E-state index in [1.165, 1.54) is 17.8 Å². The van der Waals surface area contributed by atoms with Gasteiger partial charge in [-0.3, -0.25) is 9.69 Å². The Morgan fingerprint density at radius 1 is 0.939 bits per heavy atom. The molecule has 0 atom stereocenters. The Balaban J connectivity index is 1.45. The number of thioether (sulfide) groups is 1. The first kappa shape index (κ1) is 21.5. The largest absolute Gasteiger partial charge is 0.369 e. The molecule has 0 aromatic heterocycles. The lowest BCUT2D eigenvalue weighted by atomic mass is 10.1. The van der Waals surface area contributed by atoms with Crippen molar-refractivity contribution >= 4 is 40.3 Å². The highest BCUT2D eigenvalue weighted by Gasteiger charge is 2.33. The summed E-state index contributed by atoms with van der Waals surface area (Å²) in [7, 11) is 0. The molecule has 0 saturated carbocycles. The number of hydrogen-bond acceptors (Lipinski definition) is 4. The summed E-state index contributed by atoms with van der Waals surface area (Å²) in [4.78, 5) is 22.4. The predicted molar refractivity (Wildman–Crippen MR) is 134 cm³/mol. The highest BCUT2D eigenvalue weighted by Crippen LogP contribution is 2.36. The summed E-state index contributed by atoms with van der Waals surface area (Å²) in [6, 6.07) is 24.7. The molecule has 33 heavy (non-hydrogen) atoms. The molecule has 1 amide bonds. The van der Waals surface area contributed by atoms with E-state index in [4.69, 9.17) is 4.99 Å². The molecule has 0 radical (unpaired) electrons. The number of para-hydroxylation sites is 1. The number of carbonyl (C=O) groups excluding carboxylic acids is 1. The SMILES string of the molecule is O=C1/C(=C/c2ccc(N3CCCC3)c(F)c2)SC(=Nc2ccccc2)N1Cc1ccccc1. The lowest BCUT2D eigenvalue weighted by Gasteiger charge is -2.18. The summed E-state index contributed by atoms with van der Waals surface area (Å²) < 4.78 is 14.8. The van der Waals surface area contributed by atoms with E-state index in [0.29, 0.717) is 27.9 Å². The van der Waals surface area contributed by atoms with Crippen LogP contribution in [0.15, 0.2) is 88.8 Å². The zero-order valence-corrected chi connectivity index (χ0v) is 19.0. The summed E-state index contributed by atoms with van der Waals surface area (Å²) in [5.41, 5.74) is 3.12. The second kappa shape index (κ2) is 9.63. The minimum Gasteiger partial charge on any atom is -0.369 e. The number of nitrogens with zero attached hydrogens (tertiary/aromatic N) is 3. The summed E-state index contributed by atoms with van der Waals surface area (Å²) in [6.07, 6.45) is 3.95. The number of rotatable bonds is 5. The van der Waals surface area contributed by atoms with Crippen LogP contribution in [-0.4, -0.2) is 29.1 Å². The highest BCUT2D eigenvalue weighted by atomic mass is 32.2. The van der Waals surface area contributed by atoms with Crippen molar-refractivity contribution in [3.8, 4) is 0 Å². The maximum atomic E-state index is 14.8. The summed E-state index contributed by atoms with van der Waals surface area (Å²) in [6.45, 7) is 2.21. The molecular formula is C27H24FN3OS. The first-order valence-corrected chi connectivity index (χ1v) is 11.9. The molecule has 2 heterocycles. The molecule has 0 unspecified atom stereocenters. The van der Waals surface area contributed by atoms with Gasteiger partial charge in [0.25, 0.3) is 5.91 Å². The Hall–Kier alpha value is -3.38. The average Bonchev–Trinajstić information content (AvgIpc) is 3.46. The van der Waals surface area contributed by atoms with Crippen molar-refractivity contribution in [2.24, 2.45) is 4.99 Å². The van der Waals surface area contributed by atoms with Crippen LogP contribution in [0.5, 0.6) is 0 Å². The lowest BCUT2D eigenvalue weighted by Crippen LogP contribution is -2.28. The minimum atomic E-state index is -0.249. The molecule has 0 spiro atoms. The first-order chi connectivity index (χ1) is 16.2. The quantitative estimate of drug-likeness (QED) is 0.426. The van der Waals surface area contributed by atoms with Gasteiger partial charge >= 0.3 is 0 Å². The van der Waals surface area contributed by atoms with Crippen molar-refractivity contribution < 1.29 is 9.18 Å². The maximum absolute atomic E-state index is 14.8. The number of anilines is 1. The molecule has 166 valence electrons. The first-order valence-electron chi connectivity index (χ1n) is 11.1. The molecular weight excluding hydrogens is 433 g/mol. The van der Waals surface area contributed by atoms with Crippen LogP contribution in [-0.2, 0) is 11.3 Å². The van der Waals surface area contributed by atoms with E-state index in [2.05, 4.69) is 4.90 Å². The monoisotopic (exact) mass is 457 g/mol. The molecule has 3 aromatic rings. The van der Waals surface area contributed by atoms with Crippen molar-refractivity contribution in [3.05, 3.63) is 101 Å². The number of amidine groups is 1. The standard InChI is InChI=1S/C27H24FN3OS/c28-23-17-21(13-14-24(23)30-15-7-8-16-30)18-25-26(32)31(19-20-9-3-1-4-10-20)27(33-25)29-22-11-5-2-6-12-22/h1-6,9-14,17-18H,7-8,15-16,19H2/b25-18-,29-27?. The van der Waals surface area contributed by atoms with E-state index in [9.17, 15) is 9.18 Å². The van der Waals surface area contributed by atoms with Crippen LogP contribution in [0.25, 0.3) is 6.08 Å². The van der Waals surface area contributed by atoms with Crippen molar-refractivity contribution in [1.29, 1.82) is 0 Å². The van der Waals surface area contributed by atoms with Crippen LogP contribution >= 0.6 is 11.8 Å². The van der Waals surface area contributed by atoms with Gasteiger partial charge in [0.2, 0.25) is 0 Å². The fourth-order valence-electron chi connectivity index (χ4n) is 4.09. The van der Waals surface area contributed by atoms with Crippen LogP contribution in [0, 0.1) is 5.82 Å². The molecule has 6 heteroatoms. The van der Waals surface area contributed by atoms with Gasteiger partial charge in [0.05, 0.1) is 22.8 Å². The van der Waals surface area contributed by atoms with E-state index in [0.717, 1.165) is 37.2 Å². The third kappa shape index (κ3) is 4.86. The Bertz CT molecular complexity index is 1200. The summed E-state index contributed by atoms with van der Waals surface area (Å²) in [5.74, 6) is -0.372. The molecule has 2 aliphatic heterocycles. The van der Waals surface area contributed by atoms with Gasteiger partial charge in [-0.2, -0.15) is 0 Å². The number of benzene rings is 3. The predicted octanol–water partition coefficient (Wildman–Crippen LogP) is 6.23. The summed E-state index contributed by atoms with van der Waals surface area (Å²) >= 11 is 1.33. The zero-order valence-electron chi connectivity index (χ0n) is 18.2. The lowest BCUT2D eigenvalue weighted by molar-refractivity contribution is -0.122. The average molecular weight is 458 g/mol. The van der Waals surface area contributed by atoms with Gasteiger partial charge in [0.1, 0.15) is 5.82 Å². The molecule has 2 aliphatic rings. The van der Waals surface area contributed by atoms with E-state index >= 15 is 0 Å². The molecule has 0 N–H and O–H groups in total. The highest BCUT2D eigenvalue weighted by molar-refractivity contribution is 8.18. The van der Waals surface area contributed by atoms with Gasteiger partial charge in [0, 0.05) is 13.1 Å². The van der Waals surface area contributed by atoms with Crippen LogP contribution in [0.3, 0.4) is 0 Å². The smallest absolute Gasteiger partial charge is 0.267 e. The number of halogens is 1. The Morgan fingerprint density at radius 3 is 2.33 bits per heavy atom. The van der Waals surface area contributed by atoms with Crippen LogP contribution in [0.4, 0.5) is 15.8 Å². The second-order valence-corrected chi connectivity index (χ2v) is 9.13. The van der Waals surface area contributed by atoms with Gasteiger partial charge in [-0.1, -0.05) is 54.6 Å². The molecule has 5 rings (SSSR count). The normalized spacial score (nSPS) is 18.6. The fraction of sp³-hybridized carbons (Fsp3) is 0.185. The maximum Gasteiger partial charge on any atom is 0.267 e. The second-order valence-electron chi connectivity index (χ2n) is 8.12. The fourth-order valence-corrected chi connectivity index (χ4v) is 5.09. The molecule has 0 aliphatic carbocycles. The third-order valence-corrected chi connectivity index (χ3v) is 6.78. The molecule has 4 nitrogen and oxygen atoms in total. The topological polar surface area (TPSA) is 35.9 Å². The van der Waals surface area contributed by atoms with Crippen LogP contribution < -0.4 is 4.90 Å². The van der Waals surface area contributed by atoms with Crippen molar-refractivity contribution in [1.82, 2.24) is 4.90 Å². The Morgan fingerprint density at radius 2 is 1.64 bits per heavy atom. The van der Waals surface area contributed by atoms with Crippen LogP contribution in [0.2, 0.25) is 0 Å². The third-order valence-electron chi connectivity index (χ3n) is 5.77. The van der Waals surface area contributed by atoms with Crippen molar-refractivity contribution in [3.63, 3.8) is 0 Å². The van der Waals surface area contributed by atoms with Gasteiger partial charge in [-0.05, 0) is 66.1 Å². The van der Waals surface area contributed by atoms with Gasteiger partial charge < -0.3 is 4.90 Å².